The summed E-state index contributed by atoms with van der Waals surface area (Å²) < 4.78 is 7.17. The van der Waals surface area contributed by atoms with Crippen molar-refractivity contribution >= 4 is 17.0 Å². The molecule has 0 bridgehead atoms. The summed E-state index contributed by atoms with van der Waals surface area (Å²) in [5, 5.41) is 7.78. The van der Waals surface area contributed by atoms with Crippen LogP contribution in [0.5, 0.6) is 0 Å². The van der Waals surface area contributed by atoms with Crippen molar-refractivity contribution < 1.29 is 4.42 Å². The van der Waals surface area contributed by atoms with Gasteiger partial charge in [0.15, 0.2) is 5.65 Å². The number of hydrogen-bond donors (Lipinski definition) is 2. The Balaban J connectivity index is 1.84. The van der Waals surface area contributed by atoms with Crippen LogP contribution in [0.1, 0.15) is 25.6 Å². The number of fused-ring (bicyclic) bond motifs is 1. The van der Waals surface area contributed by atoms with Gasteiger partial charge in [-0.05, 0) is 25.2 Å². The summed E-state index contributed by atoms with van der Waals surface area (Å²) in [5.74, 6) is 1.31. The molecule has 0 aliphatic carbocycles. The smallest absolute Gasteiger partial charge is 0.263 e. The van der Waals surface area contributed by atoms with Crippen LogP contribution in [0.15, 0.2) is 33.8 Å². The third-order valence-corrected chi connectivity index (χ3v) is 4.19. The molecular formula is C16H22N6O2. The van der Waals surface area contributed by atoms with Gasteiger partial charge in [0.1, 0.15) is 11.1 Å². The number of nitrogens with zero attached hydrogens (tertiary/aromatic N) is 4. The normalized spacial score (nSPS) is 12.8. The molecule has 0 radical (unpaired) electrons. The number of aromatic amines is 1. The SMILES string of the molecule is CCN(CC)[C@H](CNc1nc2c(cnn2C)c(=O)[nH]1)c1ccco1. The molecular weight excluding hydrogens is 308 g/mol. The number of anilines is 1. The maximum Gasteiger partial charge on any atom is 0.263 e. The molecule has 3 heterocycles. The van der Waals surface area contributed by atoms with Gasteiger partial charge in [-0.3, -0.25) is 19.4 Å². The van der Waals surface area contributed by atoms with Crippen molar-refractivity contribution in [1.29, 1.82) is 0 Å². The lowest BCUT2D eigenvalue weighted by atomic mass is 10.2. The van der Waals surface area contributed by atoms with Crippen molar-refractivity contribution in [2.45, 2.75) is 19.9 Å². The van der Waals surface area contributed by atoms with Gasteiger partial charge in [-0.2, -0.15) is 10.1 Å². The van der Waals surface area contributed by atoms with Gasteiger partial charge in [0, 0.05) is 13.6 Å². The molecule has 3 aromatic heterocycles. The second kappa shape index (κ2) is 6.88. The lowest BCUT2D eigenvalue weighted by Crippen LogP contribution is -2.33. The maximum absolute atomic E-state index is 12.1. The molecule has 24 heavy (non-hydrogen) atoms. The average molecular weight is 330 g/mol. The van der Waals surface area contributed by atoms with E-state index < -0.39 is 0 Å². The third-order valence-electron chi connectivity index (χ3n) is 4.19. The van der Waals surface area contributed by atoms with Gasteiger partial charge in [-0.1, -0.05) is 13.8 Å². The third kappa shape index (κ3) is 3.05. The molecule has 0 aliphatic heterocycles. The number of nitrogens with one attached hydrogen (secondary N) is 2. The number of aryl methyl sites for hydroxylation is 1. The van der Waals surface area contributed by atoms with Gasteiger partial charge in [0.2, 0.25) is 5.95 Å². The standard InChI is InChI=1S/C16H22N6O2/c1-4-22(5-2)12(13-7-6-8-24-13)10-17-16-19-14-11(15(23)20-16)9-18-21(14)3/h6-9,12H,4-5,10H2,1-3H3,(H2,17,19,20,23)/t12-/m1/s1. The van der Waals surface area contributed by atoms with Crippen molar-refractivity contribution in [2.75, 3.05) is 25.0 Å². The van der Waals surface area contributed by atoms with E-state index in [9.17, 15) is 4.79 Å². The predicted octanol–water partition coefficient (Wildman–Crippen LogP) is 1.74. The van der Waals surface area contributed by atoms with E-state index in [0.717, 1.165) is 18.8 Å². The minimum Gasteiger partial charge on any atom is -0.468 e. The molecule has 0 spiro atoms. The van der Waals surface area contributed by atoms with E-state index in [1.165, 1.54) is 6.20 Å². The van der Waals surface area contributed by atoms with Crippen LogP contribution in [0.2, 0.25) is 0 Å². The van der Waals surface area contributed by atoms with Crippen molar-refractivity contribution in [1.82, 2.24) is 24.6 Å². The molecule has 8 nitrogen and oxygen atoms in total. The fourth-order valence-corrected chi connectivity index (χ4v) is 2.86. The maximum atomic E-state index is 12.1. The fraction of sp³-hybridized carbons (Fsp3) is 0.438. The Hall–Kier alpha value is -2.61. The summed E-state index contributed by atoms with van der Waals surface area (Å²) in [6.45, 7) is 6.59. The molecule has 0 aromatic carbocycles. The second-order valence-electron chi connectivity index (χ2n) is 5.55. The minimum atomic E-state index is -0.201. The van der Waals surface area contributed by atoms with Crippen LogP contribution in [0.4, 0.5) is 5.95 Å². The summed E-state index contributed by atoms with van der Waals surface area (Å²) in [4.78, 5) is 21.6. The molecule has 0 saturated heterocycles. The van der Waals surface area contributed by atoms with Crippen molar-refractivity contribution in [3.8, 4) is 0 Å². The molecule has 0 amide bonds. The first-order chi connectivity index (χ1) is 11.6. The zero-order chi connectivity index (χ0) is 17.1. The van der Waals surface area contributed by atoms with Crippen LogP contribution in [-0.4, -0.2) is 44.3 Å². The highest BCUT2D eigenvalue weighted by molar-refractivity contribution is 5.74. The lowest BCUT2D eigenvalue weighted by Gasteiger charge is -2.28. The summed E-state index contributed by atoms with van der Waals surface area (Å²) in [7, 11) is 1.76. The Labute approximate surface area is 139 Å². The highest BCUT2D eigenvalue weighted by atomic mass is 16.3. The van der Waals surface area contributed by atoms with Crippen LogP contribution in [0.25, 0.3) is 11.0 Å². The van der Waals surface area contributed by atoms with E-state index in [4.69, 9.17) is 4.42 Å². The first kappa shape index (κ1) is 16.3. The van der Waals surface area contributed by atoms with Crippen LogP contribution in [-0.2, 0) is 7.05 Å². The zero-order valence-electron chi connectivity index (χ0n) is 14.1. The molecule has 3 rings (SSSR count). The molecule has 1 atom stereocenters. The van der Waals surface area contributed by atoms with Crippen molar-refractivity contribution in [3.63, 3.8) is 0 Å². The predicted molar refractivity (Wildman–Crippen MR) is 92.0 cm³/mol. The summed E-state index contributed by atoms with van der Waals surface area (Å²) in [6.07, 6.45) is 3.19. The molecule has 0 saturated carbocycles. The number of hydrogen-bond acceptors (Lipinski definition) is 6. The average Bonchev–Trinajstić information content (AvgIpc) is 3.22. The van der Waals surface area contributed by atoms with Gasteiger partial charge in [-0.25, -0.2) is 0 Å². The molecule has 128 valence electrons. The summed E-state index contributed by atoms with van der Waals surface area (Å²) in [6, 6.07) is 3.90. The van der Waals surface area contributed by atoms with Gasteiger partial charge in [0.25, 0.3) is 5.56 Å². The van der Waals surface area contributed by atoms with Crippen molar-refractivity contribution in [3.05, 3.63) is 40.7 Å². The van der Waals surface area contributed by atoms with E-state index in [1.807, 2.05) is 12.1 Å². The lowest BCUT2D eigenvalue weighted by molar-refractivity contribution is 0.201. The van der Waals surface area contributed by atoms with Gasteiger partial charge >= 0.3 is 0 Å². The first-order valence-corrected chi connectivity index (χ1v) is 8.07. The van der Waals surface area contributed by atoms with Crippen molar-refractivity contribution in [2.24, 2.45) is 7.05 Å². The second-order valence-corrected chi connectivity index (χ2v) is 5.55. The van der Waals surface area contributed by atoms with E-state index in [0.29, 0.717) is 23.5 Å². The van der Waals surface area contributed by atoms with E-state index in [-0.39, 0.29) is 11.6 Å². The van der Waals surface area contributed by atoms with Gasteiger partial charge in [-0.15, -0.1) is 0 Å². The van der Waals surface area contributed by atoms with Crippen LogP contribution < -0.4 is 10.9 Å². The monoisotopic (exact) mass is 330 g/mol. The fourth-order valence-electron chi connectivity index (χ4n) is 2.86. The topological polar surface area (TPSA) is 92.0 Å². The van der Waals surface area contributed by atoms with E-state index in [2.05, 4.69) is 39.1 Å². The van der Waals surface area contributed by atoms with Gasteiger partial charge < -0.3 is 9.73 Å². The number of H-pyrrole nitrogens is 1. The number of rotatable bonds is 7. The molecule has 2 N–H and O–H groups in total. The highest BCUT2D eigenvalue weighted by Gasteiger charge is 2.21. The number of likely N-dealkylation sites (N-methyl/N-ethyl adjacent to an activating group) is 1. The number of furan rings is 1. The molecule has 0 unspecified atom stereocenters. The summed E-state index contributed by atoms with van der Waals surface area (Å²) in [5.41, 5.74) is 0.353. The number of aromatic nitrogens is 4. The summed E-state index contributed by atoms with van der Waals surface area (Å²) >= 11 is 0. The van der Waals surface area contributed by atoms with Gasteiger partial charge in [0.05, 0.1) is 18.5 Å². The van der Waals surface area contributed by atoms with Crippen LogP contribution in [0, 0.1) is 0 Å². The minimum absolute atomic E-state index is 0.0579. The molecule has 0 fully saturated rings. The Morgan fingerprint density at radius 1 is 1.42 bits per heavy atom. The Kier molecular flexibility index (Phi) is 4.66. The Morgan fingerprint density at radius 3 is 2.88 bits per heavy atom. The first-order valence-electron chi connectivity index (χ1n) is 8.07. The largest absolute Gasteiger partial charge is 0.468 e. The van der Waals surface area contributed by atoms with E-state index in [1.54, 1.807) is 18.0 Å². The Bertz CT molecular complexity index is 847. The van der Waals surface area contributed by atoms with E-state index >= 15 is 0 Å². The van der Waals surface area contributed by atoms with Crippen LogP contribution in [0.3, 0.4) is 0 Å². The highest BCUT2D eigenvalue weighted by Crippen LogP contribution is 2.21. The molecule has 3 aromatic rings. The quantitative estimate of drug-likeness (QED) is 0.686. The molecule has 0 aliphatic rings. The molecule has 8 heteroatoms. The Morgan fingerprint density at radius 2 is 2.21 bits per heavy atom. The van der Waals surface area contributed by atoms with Crippen LogP contribution >= 0.6 is 0 Å². The zero-order valence-corrected chi connectivity index (χ0v) is 14.1.